The lowest BCUT2D eigenvalue weighted by molar-refractivity contribution is -0.134. The molecule has 2 saturated heterocycles. The van der Waals surface area contributed by atoms with Gasteiger partial charge < -0.3 is 30.7 Å². The molecule has 12 heteroatoms. The van der Waals surface area contributed by atoms with Gasteiger partial charge in [-0.15, -0.1) is 11.3 Å². The average molecular weight is 723 g/mol. The smallest absolute Gasteiger partial charge is 0.407 e. The van der Waals surface area contributed by atoms with Gasteiger partial charge >= 0.3 is 6.09 Å². The molecule has 2 aliphatic heterocycles. The summed E-state index contributed by atoms with van der Waals surface area (Å²) in [5.74, 6) is 2.16. The highest BCUT2D eigenvalue weighted by Crippen LogP contribution is 2.38. The summed E-state index contributed by atoms with van der Waals surface area (Å²) in [5, 5.41) is 4.20. The van der Waals surface area contributed by atoms with Crippen LogP contribution in [0.15, 0.2) is 60.9 Å². The number of ether oxygens (including phenoxy) is 1. The molecule has 0 spiro atoms. The molecule has 7 rings (SSSR count). The minimum Gasteiger partial charge on any atom is -0.453 e. The number of benzene rings is 2. The molecule has 0 bridgehead atoms. The van der Waals surface area contributed by atoms with Crippen LogP contribution in [0.5, 0.6) is 0 Å². The fourth-order valence-corrected chi connectivity index (χ4v) is 8.60. The first-order chi connectivity index (χ1) is 25.1. The first-order valence-corrected chi connectivity index (χ1v) is 19.3. The van der Waals surface area contributed by atoms with Crippen LogP contribution in [-0.4, -0.2) is 80.6 Å². The second kappa shape index (κ2) is 15.2. The van der Waals surface area contributed by atoms with E-state index in [4.69, 9.17) is 20.4 Å². The maximum absolute atomic E-state index is 13.1. The van der Waals surface area contributed by atoms with Gasteiger partial charge in [0.1, 0.15) is 11.6 Å². The van der Waals surface area contributed by atoms with E-state index in [1.54, 1.807) is 11.3 Å². The number of H-pyrrole nitrogens is 2. The predicted molar refractivity (Wildman–Crippen MR) is 207 cm³/mol. The van der Waals surface area contributed by atoms with Crippen LogP contribution in [0.3, 0.4) is 0 Å². The zero-order valence-corrected chi connectivity index (χ0v) is 31.5. The number of fused-ring (bicyclic) bond motifs is 1. The molecule has 3 aromatic heterocycles. The Morgan fingerprint density at radius 2 is 1.52 bits per heavy atom. The van der Waals surface area contributed by atoms with E-state index in [0.29, 0.717) is 6.54 Å². The number of nitrogens with one attached hydrogen (secondary N) is 3. The molecule has 11 nitrogen and oxygen atoms in total. The van der Waals surface area contributed by atoms with Crippen molar-refractivity contribution >= 4 is 33.4 Å². The van der Waals surface area contributed by atoms with Crippen molar-refractivity contribution < 1.29 is 14.3 Å². The van der Waals surface area contributed by atoms with Gasteiger partial charge in [0.2, 0.25) is 5.91 Å². The summed E-state index contributed by atoms with van der Waals surface area (Å²) in [4.78, 5) is 47.2. The average Bonchev–Trinajstić information content (AvgIpc) is 3.99. The maximum atomic E-state index is 13.1. The number of methoxy groups -OCH3 is 1. The lowest BCUT2D eigenvalue weighted by atomic mass is 10.0. The normalized spacial score (nSPS) is 19.2. The maximum Gasteiger partial charge on any atom is 0.407 e. The highest BCUT2D eigenvalue weighted by atomic mass is 32.1. The van der Waals surface area contributed by atoms with Crippen LogP contribution in [0.2, 0.25) is 0 Å². The summed E-state index contributed by atoms with van der Waals surface area (Å²) < 4.78 is 6.07. The molecule has 4 atom stereocenters. The van der Waals surface area contributed by atoms with Gasteiger partial charge in [0.15, 0.2) is 0 Å². The molecule has 2 fully saturated rings. The van der Waals surface area contributed by atoms with E-state index < -0.39 is 12.1 Å². The Hall–Kier alpha value is -4.52. The minimum absolute atomic E-state index is 0.00372. The number of aromatic amines is 2. The molecule has 2 aromatic carbocycles. The van der Waals surface area contributed by atoms with Gasteiger partial charge in [-0.2, -0.15) is 0 Å². The van der Waals surface area contributed by atoms with Crippen molar-refractivity contribution in [3.63, 3.8) is 0 Å². The second-order valence-corrected chi connectivity index (χ2v) is 16.0. The van der Waals surface area contributed by atoms with Crippen LogP contribution in [0.4, 0.5) is 4.79 Å². The highest BCUT2D eigenvalue weighted by molar-refractivity contribution is 7.22. The molecule has 5 aromatic rings. The van der Waals surface area contributed by atoms with Gasteiger partial charge in [0.05, 0.1) is 49.0 Å². The van der Waals surface area contributed by atoms with Crippen molar-refractivity contribution in [2.24, 2.45) is 17.6 Å². The first kappa shape index (κ1) is 35.9. The Labute approximate surface area is 309 Å². The highest BCUT2D eigenvalue weighted by Gasteiger charge is 2.35. The van der Waals surface area contributed by atoms with E-state index in [1.165, 1.54) is 27.6 Å². The number of hydrogen-bond donors (Lipinski definition) is 4. The molecule has 2 amide bonds. The zero-order chi connectivity index (χ0) is 36.5. The number of nitrogens with zero attached hydrogens (tertiary/aromatic N) is 4. The van der Waals surface area contributed by atoms with Gasteiger partial charge in [0.25, 0.3) is 0 Å². The number of alkyl carbamates (subject to hydrolysis) is 1. The van der Waals surface area contributed by atoms with E-state index >= 15 is 0 Å². The van der Waals surface area contributed by atoms with Gasteiger partial charge in [-0.05, 0) is 72.7 Å². The van der Waals surface area contributed by atoms with E-state index in [1.807, 2.05) is 31.1 Å². The zero-order valence-electron chi connectivity index (χ0n) is 30.7. The fraction of sp³-hybridized carbons (Fsp3) is 0.450. The molecule has 0 radical (unpaired) electrons. The predicted octanol–water partition coefficient (Wildman–Crippen LogP) is 7.51. The molecule has 0 aliphatic carbocycles. The monoisotopic (exact) mass is 722 g/mol. The van der Waals surface area contributed by atoms with Gasteiger partial charge in [-0.25, -0.2) is 14.8 Å². The van der Waals surface area contributed by atoms with Crippen molar-refractivity contribution in [2.75, 3.05) is 26.7 Å². The van der Waals surface area contributed by atoms with E-state index in [0.717, 1.165) is 72.9 Å². The second-order valence-electron chi connectivity index (χ2n) is 14.9. The lowest BCUT2D eigenvalue weighted by Crippen LogP contribution is -2.46. The SMILES string of the molecule is COC(=O)NC(CN1CCCC1c1ncc(-c2ccc(-c3cc4ccc(-c5cnc(C6CCCN6C(=O)C(N)C(C)C)[nH]5)cc4s3)cc2)[nH]1)C(C)C. The first-order valence-electron chi connectivity index (χ1n) is 18.5. The van der Waals surface area contributed by atoms with Crippen molar-refractivity contribution in [1.29, 1.82) is 0 Å². The summed E-state index contributed by atoms with van der Waals surface area (Å²) in [6.07, 6.45) is 7.36. The van der Waals surface area contributed by atoms with Crippen molar-refractivity contribution in [1.82, 2.24) is 35.1 Å². The van der Waals surface area contributed by atoms with Crippen LogP contribution in [0.1, 0.15) is 77.1 Å². The quantitative estimate of drug-likeness (QED) is 0.110. The Morgan fingerprint density at radius 1 is 0.885 bits per heavy atom. The minimum atomic E-state index is -0.499. The number of likely N-dealkylation sites (tertiary alicyclic amines) is 2. The van der Waals surface area contributed by atoms with Crippen LogP contribution < -0.4 is 11.1 Å². The van der Waals surface area contributed by atoms with Crippen LogP contribution in [-0.2, 0) is 9.53 Å². The number of amides is 2. The molecule has 2 aliphatic rings. The summed E-state index contributed by atoms with van der Waals surface area (Å²) >= 11 is 1.78. The Bertz CT molecular complexity index is 2010. The van der Waals surface area contributed by atoms with Gasteiger partial charge in [-0.3, -0.25) is 9.69 Å². The van der Waals surface area contributed by atoms with E-state index in [-0.39, 0.29) is 35.9 Å². The summed E-state index contributed by atoms with van der Waals surface area (Å²) in [6, 6.07) is 17.0. The molecule has 4 unspecified atom stereocenters. The number of thiophene rings is 1. The van der Waals surface area contributed by atoms with Gasteiger partial charge in [0, 0.05) is 34.3 Å². The fourth-order valence-electron chi connectivity index (χ4n) is 7.49. The van der Waals surface area contributed by atoms with Crippen LogP contribution in [0, 0.1) is 11.8 Å². The largest absolute Gasteiger partial charge is 0.453 e. The molecule has 0 saturated carbocycles. The third-order valence-electron chi connectivity index (χ3n) is 10.8. The summed E-state index contributed by atoms with van der Waals surface area (Å²) in [5.41, 5.74) is 11.5. The van der Waals surface area contributed by atoms with Crippen molar-refractivity contribution in [3.05, 3.63) is 72.6 Å². The lowest BCUT2D eigenvalue weighted by Gasteiger charge is -2.30. The molecule has 5 N–H and O–H groups in total. The number of hydrogen-bond acceptors (Lipinski definition) is 8. The van der Waals surface area contributed by atoms with Crippen LogP contribution >= 0.6 is 11.3 Å². The Kier molecular flexibility index (Phi) is 10.5. The molecule has 274 valence electrons. The summed E-state index contributed by atoms with van der Waals surface area (Å²) in [7, 11) is 1.40. The summed E-state index contributed by atoms with van der Waals surface area (Å²) in [6.45, 7) is 10.6. The Balaban J connectivity index is 1.03. The number of nitrogens with two attached hydrogens (primary N) is 1. The standard InChI is InChI=1S/C40H50N8O3S/c1-23(2)31(46-40(50)51-5)22-47-16-6-8-32(47)37-42-20-29(44-37)25-10-12-26(13-11-25)34-19-28-15-14-27(18-35(28)52-34)30-21-43-38(45-30)33-9-7-17-48(33)39(49)36(41)24(3)4/h10-15,18-21,23-24,31-33,36H,6-9,16-17,22,41H2,1-5H3,(H,42,44)(H,43,45)(H,46,50). The molecular weight excluding hydrogens is 673 g/mol. The van der Waals surface area contributed by atoms with Crippen molar-refractivity contribution in [3.8, 4) is 33.0 Å². The number of rotatable bonds is 11. The van der Waals surface area contributed by atoms with Gasteiger partial charge in [-0.1, -0.05) is 64.1 Å². The molecule has 5 heterocycles. The van der Waals surface area contributed by atoms with Crippen LogP contribution in [0.25, 0.3) is 43.0 Å². The number of imidazole rings is 2. The number of carbonyl (C=O) groups is 2. The topological polar surface area (TPSA) is 145 Å². The van der Waals surface area contributed by atoms with E-state index in [9.17, 15) is 9.59 Å². The number of aromatic nitrogens is 4. The molecule has 52 heavy (non-hydrogen) atoms. The van der Waals surface area contributed by atoms with Crippen molar-refractivity contribution in [2.45, 2.75) is 77.5 Å². The third-order valence-corrected chi connectivity index (χ3v) is 11.9. The third kappa shape index (κ3) is 7.37. The van der Waals surface area contributed by atoms with E-state index in [2.05, 4.69) is 82.6 Å². The molecular formula is C40H50N8O3S. The Morgan fingerprint density at radius 3 is 2.21 bits per heavy atom. The number of carbonyl (C=O) groups excluding carboxylic acids is 2.